The number of aldehydes is 1. The fourth-order valence-electron chi connectivity index (χ4n) is 1.09. The molecule has 76 valence electrons. The van der Waals surface area contributed by atoms with Crippen molar-refractivity contribution in [1.82, 2.24) is 4.98 Å². The molecule has 0 spiro atoms. The largest absolute Gasteiger partial charge is 0.370 e. The number of hydrogen-bond donors (Lipinski definition) is 2. The molecule has 0 aliphatic carbocycles. The SMILES string of the molecule is NC(C=O)CCCNc1ccccn1. The van der Waals surface area contributed by atoms with E-state index in [9.17, 15) is 4.79 Å². The van der Waals surface area contributed by atoms with E-state index in [4.69, 9.17) is 5.73 Å². The Labute approximate surface area is 83.5 Å². The summed E-state index contributed by atoms with van der Waals surface area (Å²) in [6, 6.07) is 5.36. The van der Waals surface area contributed by atoms with Gasteiger partial charge in [-0.2, -0.15) is 0 Å². The fourth-order valence-corrected chi connectivity index (χ4v) is 1.09. The molecule has 4 nitrogen and oxygen atoms in total. The molecule has 1 heterocycles. The lowest BCUT2D eigenvalue weighted by molar-refractivity contribution is -0.109. The zero-order valence-electron chi connectivity index (χ0n) is 8.02. The van der Waals surface area contributed by atoms with Crippen molar-refractivity contribution < 1.29 is 4.79 Å². The van der Waals surface area contributed by atoms with E-state index in [1.165, 1.54) is 0 Å². The minimum Gasteiger partial charge on any atom is -0.370 e. The summed E-state index contributed by atoms with van der Waals surface area (Å²) in [7, 11) is 0. The van der Waals surface area contributed by atoms with Gasteiger partial charge in [0.15, 0.2) is 0 Å². The topological polar surface area (TPSA) is 68.0 Å². The molecular weight excluding hydrogens is 178 g/mol. The Morgan fingerprint density at radius 1 is 1.57 bits per heavy atom. The molecule has 0 saturated heterocycles. The van der Waals surface area contributed by atoms with Crippen LogP contribution in [0.4, 0.5) is 5.82 Å². The summed E-state index contributed by atoms with van der Waals surface area (Å²) < 4.78 is 0. The van der Waals surface area contributed by atoms with Gasteiger partial charge in [-0.25, -0.2) is 4.98 Å². The summed E-state index contributed by atoms with van der Waals surface area (Å²) in [4.78, 5) is 14.3. The Hall–Kier alpha value is -1.42. The summed E-state index contributed by atoms with van der Waals surface area (Å²) in [5.74, 6) is 0.854. The third-order valence-electron chi connectivity index (χ3n) is 1.86. The molecule has 0 bridgehead atoms. The van der Waals surface area contributed by atoms with Gasteiger partial charge in [-0.05, 0) is 25.0 Å². The molecule has 0 saturated carbocycles. The molecule has 14 heavy (non-hydrogen) atoms. The number of hydrogen-bond acceptors (Lipinski definition) is 4. The molecule has 0 aliphatic heterocycles. The number of carbonyl (C=O) groups is 1. The van der Waals surface area contributed by atoms with E-state index in [2.05, 4.69) is 10.3 Å². The molecule has 4 heteroatoms. The molecule has 0 radical (unpaired) electrons. The van der Waals surface area contributed by atoms with E-state index < -0.39 is 0 Å². The highest BCUT2D eigenvalue weighted by atomic mass is 16.1. The first-order chi connectivity index (χ1) is 6.83. The second-order valence-corrected chi connectivity index (χ2v) is 3.08. The van der Waals surface area contributed by atoms with Crippen LogP contribution in [0.1, 0.15) is 12.8 Å². The molecule has 0 amide bonds. The van der Waals surface area contributed by atoms with E-state index in [0.29, 0.717) is 6.42 Å². The normalized spacial score (nSPS) is 12.1. The zero-order valence-corrected chi connectivity index (χ0v) is 8.02. The minimum atomic E-state index is -0.333. The van der Waals surface area contributed by atoms with Crippen LogP contribution in [-0.4, -0.2) is 23.9 Å². The Bertz CT molecular complexity index is 263. The van der Waals surface area contributed by atoms with Crippen LogP contribution >= 0.6 is 0 Å². The van der Waals surface area contributed by atoms with Crippen LogP contribution in [0.25, 0.3) is 0 Å². The number of nitrogens with one attached hydrogen (secondary N) is 1. The van der Waals surface area contributed by atoms with Gasteiger partial charge >= 0.3 is 0 Å². The average Bonchev–Trinajstić information content (AvgIpc) is 2.25. The number of nitrogens with zero attached hydrogens (tertiary/aromatic N) is 1. The number of anilines is 1. The highest BCUT2D eigenvalue weighted by molar-refractivity contribution is 5.56. The Kier molecular flexibility index (Phi) is 4.64. The molecule has 1 atom stereocenters. The van der Waals surface area contributed by atoms with Gasteiger partial charge in [0.1, 0.15) is 12.1 Å². The molecule has 1 aromatic rings. The first-order valence-electron chi connectivity index (χ1n) is 4.68. The van der Waals surface area contributed by atoms with Crippen molar-refractivity contribution in [3.05, 3.63) is 24.4 Å². The third kappa shape index (κ3) is 4.00. The Balaban J connectivity index is 2.13. The van der Waals surface area contributed by atoms with Gasteiger partial charge < -0.3 is 15.8 Å². The van der Waals surface area contributed by atoms with Crippen LogP contribution in [-0.2, 0) is 4.79 Å². The van der Waals surface area contributed by atoms with Crippen molar-refractivity contribution >= 4 is 12.1 Å². The lowest BCUT2D eigenvalue weighted by Gasteiger charge is -2.05. The monoisotopic (exact) mass is 193 g/mol. The highest BCUT2D eigenvalue weighted by Gasteiger charge is 1.98. The summed E-state index contributed by atoms with van der Waals surface area (Å²) in [5.41, 5.74) is 5.44. The van der Waals surface area contributed by atoms with Gasteiger partial charge in [-0.1, -0.05) is 6.07 Å². The third-order valence-corrected chi connectivity index (χ3v) is 1.86. The smallest absolute Gasteiger partial charge is 0.136 e. The first-order valence-corrected chi connectivity index (χ1v) is 4.68. The second-order valence-electron chi connectivity index (χ2n) is 3.08. The standard InChI is InChI=1S/C10H15N3O/c11-9(8-14)4-3-7-13-10-5-1-2-6-12-10/h1-2,5-6,8-9H,3-4,7,11H2,(H,12,13). The Morgan fingerprint density at radius 2 is 2.43 bits per heavy atom. The molecular formula is C10H15N3O. The summed E-state index contributed by atoms with van der Waals surface area (Å²) in [6.07, 6.45) is 4.10. The number of carbonyl (C=O) groups excluding carboxylic acids is 1. The van der Waals surface area contributed by atoms with Crippen LogP contribution in [0.3, 0.4) is 0 Å². The van der Waals surface area contributed by atoms with Crippen LogP contribution in [0.5, 0.6) is 0 Å². The number of nitrogens with two attached hydrogens (primary N) is 1. The lowest BCUT2D eigenvalue weighted by atomic mass is 10.2. The van der Waals surface area contributed by atoms with Crippen LogP contribution < -0.4 is 11.1 Å². The maximum Gasteiger partial charge on any atom is 0.136 e. The van der Waals surface area contributed by atoms with E-state index in [1.54, 1.807) is 6.20 Å². The maximum atomic E-state index is 10.2. The molecule has 3 N–H and O–H groups in total. The van der Waals surface area contributed by atoms with Crippen molar-refractivity contribution in [2.24, 2.45) is 5.73 Å². The molecule has 0 fully saturated rings. The van der Waals surface area contributed by atoms with Gasteiger partial charge in [0.2, 0.25) is 0 Å². The quantitative estimate of drug-likeness (QED) is 0.518. The number of pyridine rings is 1. The summed E-state index contributed by atoms with van der Waals surface area (Å²) in [5, 5.41) is 3.14. The van der Waals surface area contributed by atoms with Crippen LogP contribution in [0.2, 0.25) is 0 Å². The molecule has 1 unspecified atom stereocenters. The van der Waals surface area contributed by atoms with Gasteiger partial charge in [0.05, 0.1) is 6.04 Å². The number of rotatable bonds is 6. The predicted octanol–water partition coefficient (Wildman–Crippen LogP) is 0.800. The van der Waals surface area contributed by atoms with E-state index in [0.717, 1.165) is 25.1 Å². The van der Waals surface area contributed by atoms with E-state index in [-0.39, 0.29) is 6.04 Å². The van der Waals surface area contributed by atoms with Crippen molar-refractivity contribution in [2.75, 3.05) is 11.9 Å². The van der Waals surface area contributed by atoms with Crippen LogP contribution in [0, 0.1) is 0 Å². The van der Waals surface area contributed by atoms with Gasteiger partial charge in [-0.3, -0.25) is 0 Å². The van der Waals surface area contributed by atoms with Gasteiger partial charge in [0, 0.05) is 12.7 Å². The molecule has 0 aromatic carbocycles. The molecule has 1 aromatic heterocycles. The number of aromatic nitrogens is 1. The van der Waals surface area contributed by atoms with Crippen molar-refractivity contribution in [3.63, 3.8) is 0 Å². The van der Waals surface area contributed by atoms with Crippen molar-refractivity contribution in [1.29, 1.82) is 0 Å². The second kappa shape index (κ2) is 6.10. The highest BCUT2D eigenvalue weighted by Crippen LogP contribution is 2.00. The summed E-state index contributed by atoms with van der Waals surface area (Å²) >= 11 is 0. The first kappa shape index (κ1) is 10.7. The van der Waals surface area contributed by atoms with E-state index in [1.807, 2.05) is 18.2 Å². The molecule has 0 aliphatic rings. The van der Waals surface area contributed by atoms with Crippen molar-refractivity contribution in [2.45, 2.75) is 18.9 Å². The lowest BCUT2D eigenvalue weighted by Crippen LogP contribution is -2.22. The fraction of sp³-hybridized carbons (Fsp3) is 0.400. The van der Waals surface area contributed by atoms with Gasteiger partial charge in [-0.15, -0.1) is 0 Å². The summed E-state index contributed by atoms with van der Waals surface area (Å²) in [6.45, 7) is 0.790. The maximum absolute atomic E-state index is 10.2. The Morgan fingerprint density at radius 3 is 3.07 bits per heavy atom. The van der Waals surface area contributed by atoms with Crippen LogP contribution in [0.15, 0.2) is 24.4 Å². The molecule has 1 rings (SSSR count). The average molecular weight is 193 g/mol. The zero-order chi connectivity index (χ0) is 10.2. The van der Waals surface area contributed by atoms with Gasteiger partial charge in [0.25, 0.3) is 0 Å². The minimum absolute atomic E-state index is 0.333. The van der Waals surface area contributed by atoms with Crippen molar-refractivity contribution in [3.8, 4) is 0 Å². The van der Waals surface area contributed by atoms with E-state index >= 15 is 0 Å². The predicted molar refractivity (Wildman–Crippen MR) is 56.0 cm³/mol.